The molecule has 0 fully saturated rings. The van der Waals surface area contributed by atoms with Gasteiger partial charge in [0.05, 0.1) is 17.2 Å². The number of rotatable bonds is 6. The Morgan fingerprint density at radius 1 is 1.10 bits per heavy atom. The molecule has 0 unspecified atom stereocenters. The van der Waals surface area contributed by atoms with Crippen LogP contribution in [0.4, 0.5) is 5.69 Å². The molecule has 106 valence electrons. The van der Waals surface area contributed by atoms with E-state index < -0.39 is 10.0 Å². The summed E-state index contributed by atoms with van der Waals surface area (Å²) >= 11 is 0. The van der Waals surface area contributed by atoms with E-state index in [1.165, 1.54) is 24.5 Å². The summed E-state index contributed by atoms with van der Waals surface area (Å²) in [6.45, 7) is 2.62. The molecule has 1 N–H and O–H groups in total. The standard InChI is InChI=1S/C14H16N2O3S/c1-2-11-19-13-3-5-14(6-4-13)20(17,18)16-12-7-9-15-10-8-12/h3-10H,2,11H2,1H3,(H,15,16). The van der Waals surface area contributed by atoms with Gasteiger partial charge in [0.1, 0.15) is 5.75 Å². The second-order valence-electron chi connectivity index (χ2n) is 4.16. The monoisotopic (exact) mass is 292 g/mol. The predicted octanol–water partition coefficient (Wildman–Crippen LogP) is 2.67. The number of nitrogens with zero attached hydrogens (tertiary/aromatic N) is 1. The molecule has 0 bridgehead atoms. The predicted molar refractivity (Wildman–Crippen MR) is 77.3 cm³/mol. The molecule has 5 nitrogen and oxygen atoms in total. The van der Waals surface area contributed by atoms with E-state index >= 15 is 0 Å². The molecule has 0 radical (unpaired) electrons. The van der Waals surface area contributed by atoms with Crippen LogP contribution in [0.25, 0.3) is 0 Å². The Hall–Kier alpha value is -2.08. The van der Waals surface area contributed by atoms with E-state index in [9.17, 15) is 8.42 Å². The van der Waals surface area contributed by atoms with Crippen LogP contribution >= 0.6 is 0 Å². The molecule has 0 aliphatic rings. The number of ether oxygens (including phenoxy) is 1. The Bertz CT molecular complexity index is 640. The first kappa shape index (κ1) is 14.3. The Labute approximate surface area is 118 Å². The number of aromatic nitrogens is 1. The highest BCUT2D eigenvalue weighted by molar-refractivity contribution is 7.92. The molecule has 1 aromatic heterocycles. The molecular weight excluding hydrogens is 276 g/mol. The first-order chi connectivity index (χ1) is 9.62. The molecule has 0 amide bonds. The molecule has 0 saturated carbocycles. The van der Waals surface area contributed by atoms with Gasteiger partial charge in [-0.25, -0.2) is 8.42 Å². The van der Waals surface area contributed by atoms with Crippen LogP contribution in [0, 0.1) is 0 Å². The molecule has 0 atom stereocenters. The molecule has 6 heteroatoms. The van der Waals surface area contributed by atoms with Crippen molar-refractivity contribution in [2.75, 3.05) is 11.3 Å². The lowest BCUT2D eigenvalue weighted by atomic mass is 10.3. The van der Waals surface area contributed by atoms with Crippen LogP contribution in [0.15, 0.2) is 53.7 Å². The van der Waals surface area contributed by atoms with E-state index in [1.807, 2.05) is 6.92 Å². The van der Waals surface area contributed by atoms with Crippen LogP contribution in [0.1, 0.15) is 13.3 Å². The van der Waals surface area contributed by atoms with Crippen molar-refractivity contribution in [1.82, 2.24) is 4.98 Å². The summed E-state index contributed by atoms with van der Waals surface area (Å²) in [5.74, 6) is 0.662. The van der Waals surface area contributed by atoms with Gasteiger partial charge in [0, 0.05) is 12.4 Å². The zero-order valence-electron chi connectivity index (χ0n) is 11.1. The van der Waals surface area contributed by atoms with Gasteiger partial charge in [-0.3, -0.25) is 9.71 Å². The van der Waals surface area contributed by atoms with Gasteiger partial charge in [-0.1, -0.05) is 6.92 Å². The number of benzene rings is 1. The minimum absolute atomic E-state index is 0.193. The van der Waals surface area contributed by atoms with Gasteiger partial charge in [-0.2, -0.15) is 0 Å². The SMILES string of the molecule is CCCOc1ccc(S(=O)(=O)Nc2ccncc2)cc1. The van der Waals surface area contributed by atoms with Gasteiger partial charge >= 0.3 is 0 Å². The lowest BCUT2D eigenvalue weighted by molar-refractivity contribution is 0.317. The van der Waals surface area contributed by atoms with E-state index in [-0.39, 0.29) is 4.90 Å². The van der Waals surface area contributed by atoms with Crippen LogP contribution in [0.2, 0.25) is 0 Å². The summed E-state index contributed by atoms with van der Waals surface area (Å²) < 4.78 is 32.2. The van der Waals surface area contributed by atoms with E-state index in [0.717, 1.165) is 6.42 Å². The number of hydrogen-bond donors (Lipinski definition) is 1. The second-order valence-corrected chi connectivity index (χ2v) is 5.84. The highest BCUT2D eigenvalue weighted by atomic mass is 32.2. The van der Waals surface area contributed by atoms with E-state index in [2.05, 4.69) is 9.71 Å². The first-order valence-electron chi connectivity index (χ1n) is 6.27. The third-order valence-electron chi connectivity index (χ3n) is 2.54. The zero-order valence-corrected chi connectivity index (χ0v) is 11.9. The van der Waals surface area contributed by atoms with Crippen molar-refractivity contribution in [3.63, 3.8) is 0 Å². The maximum Gasteiger partial charge on any atom is 0.261 e. The fraction of sp³-hybridized carbons (Fsp3) is 0.214. The molecular formula is C14H16N2O3S. The smallest absolute Gasteiger partial charge is 0.261 e. The van der Waals surface area contributed by atoms with Gasteiger partial charge in [-0.05, 0) is 42.8 Å². The minimum atomic E-state index is -3.58. The molecule has 2 aromatic rings. The summed E-state index contributed by atoms with van der Waals surface area (Å²) in [5, 5.41) is 0. The highest BCUT2D eigenvalue weighted by Gasteiger charge is 2.13. The van der Waals surface area contributed by atoms with E-state index in [0.29, 0.717) is 18.0 Å². The average Bonchev–Trinajstić information content (AvgIpc) is 2.46. The van der Waals surface area contributed by atoms with Gasteiger partial charge in [0.2, 0.25) is 0 Å². The van der Waals surface area contributed by atoms with Crippen molar-refractivity contribution < 1.29 is 13.2 Å². The van der Waals surface area contributed by atoms with Crippen molar-refractivity contribution >= 4 is 15.7 Å². The van der Waals surface area contributed by atoms with Crippen LogP contribution < -0.4 is 9.46 Å². The number of anilines is 1. The average molecular weight is 292 g/mol. The van der Waals surface area contributed by atoms with Crippen LogP contribution in [0.5, 0.6) is 5.75 Å². The van der Waals surface area contributed by atoms with Crippen molar-refractivity contribution in [2.24, 2.45) is 0 Å². The van der Waals surface area contributed by atoms with Gasteiger partial charge in [0.25, 0.3) is 10.0 Å². The molecule has 20 heavy (non-hydrogen) atoms. The maximum atomic E-state index is 12.2. The van der Waals surface area contributed by atoms with Crippen LogP contribution in [-0.2, 0) is 10.0 Å². The first-order valence-corrected chi connectivity index (χ1v) is 7.76. The third-order valence-corrected chi connectivity index (χ3v) is 3.94. The topological polar surface area (TPSA) is 68.3 Å². The largest absolute Gasteiger partial charge is 0.494 e. The second kappa shape index (κ2) is 6.38. The Morgan fingerprint density at radius 2 is 1.75 bits per heavy atom. The fourth-order valence-corrected chi connectivity index (χ4v) is 2.63. The Kier molecular flexibility index (Phi) is 4.57. The van der Waals surface area contributed by atoms with Crippen molar-refractivity contribution in [2.45, 2.75) is 18.2 Å². The maximum absolute atomic E-state index is 12.2. The Balaban J connectivity index is 2.13. The lowest BCUT2D eigenvalue weighted by Crippen LogP contribution is -2.12. The summed E-state index contributed by atoms with van der Waals surface area (Å²) in [5.41, 5.74) is 0.478. The molecule has 0 aliphatic carbocycles. The third kappa shape index (κ3) is 3.71. The molecule has 0 aliphatic heterocycles. The van der Waals surface area contributed by atoms with Crippen molar-refractivity contribution in [3.8, 4) is 5.75 Å². The summed E-state index contributed by atoms with van der Waals surface area (Å²) in [7, 11) is -3.58. The molecule has 1 aromatic carbocycles. The molecule has 2 rings (SSSR count). The van der Waals surface area contributed by atoms with E-state index in [1.54, 1.807) is 24.3 Å². The molecule has 0 saturated heterocycles. The van der Waals surface area contributed by atoms with Gasteiger partial charge in [-0.15, -0.1) is 0 Å². The van der Waals surface area contributed by atoms with Crippen molar-refractivity contribution in [1.29, 1.82) is 0 Å². The normalized spacial score (nSPS) is 11.1. The van der Waals surface area contributed by atoms with Crippen LogP contribution in [0.3, 0.4) is 0 Å². The number of sulfonamides is 1. The Morgan fingerprint density at radius 3 is 2.35 bits per heavy atom. The summed E-state index contributed by atoms with van der Waals surface area (Å²) in [4.78, 5) is 4.03. The summed E-state index contributed by atoms with van der Waals surface area (Å²) in [6.07, 6.45) is 3.96. The van der Waals surface area contributed by atoms with E-state index in [4.69, 9.17) is 4.74 Å². The van der Waals surface area contributed by atoms with Gasteiger partial charge in [0.15, 0.2) is 0 Å². The number of nitrogens with one attached hydrogen (secondary N) is 1. The summed E-state index contributed by atoms with van der Waals surface area (Å²) in [6, 6.07) is 9.53. The highest BCUT2D eigenvalue weighted by Crippen LogP contribution is 2.18. The molecule has 1 heterocycles. The minimum Gasteiger partial charge on any atom is -0.494 e. The van der Waals surface area contributed by atoms with Gasteiger partial charge < -0.3 is 4.74 Å². The molecule has 0 spiro atoms. The number of pyridine rings is 1. The fourth-order valence-electron chi connectivity index (χ4n) is 1.57. The lowest BCUT2D eigenvalue weighted by Gasteiger charge is -2.09. The van der Waals surface area contributed by atoms with Crippen molar-refractivity contribution in [3.05, 3.63) is 48.8 Å². The number of hydrogen-bond acceptors (Lipinski definition) is 4. The zero-order chi connectivity index (χ0) is 14.4. The van der Waals surface area contributed by atoms with Crippen LogP contribution in [-0.4, -0.2) is 20.0 Å². The quantitative estimate of drug-likeness (QED) is 0.888.